The Morgan fingerprint density at radius 3 is 1.89 bits per heavy atom. The van der Waals surface area contributed by atoms with Crippen LogP contribution in [0, 0.1) is 45.3 Å². The maximum Gasteiger partial charge on any atom is 0.187 e. The van der Waals surface area contributed by atoms with Crippen LogP contribution in [-0.4, -0.2) is 191 Å². The van der Waals surface area contributed by atoms with E-state index in [9.17, 15) is 61.3 Å². The molecule has 4 aliphatic carbocycles. The molecule has 3 saturated heterocycles. The maximum absolute atomic E-state index is 12.7. The second-order valence-electron chi connectivity index (χ2n) is 23.0. The Balaban J connectivity index is 1.27. The topological polar surface area (TPSA) is 298 Å². The summed E-state index contributed by atoms with van der Waals surface area (Å²) in [6.45, 7) is 16.8. The van der Waals surface area contributed by atoms with E-state index in [0.29, 0.717) is 51.4 Å². The van der Waals surface area contributed by atoms with Crippen LogP contribution in [0.4, 0.5) is 0 Å². The number of aliphatic hydroxyl groups is 12. The first-order chi connectivity index (χ1) is 30.7. The van der Waals surface area contributed by atoms with Crippen molar-refractivity contribution in [3.63, 3.8) is 0 Å². The Labute approximate surface area is 388 Å². The van der Waals surface area contributed by atoms with Crippen LogP contribution in [0.15, 0.2) is 11.6 Å². The second kappa shape index (κ2) is 19.2. The molecule has 0 aromatic heterocycles. The molecule has 7 rings (SSSR count). The zero-order valence-electron chi connectivity index (χ0n) is 40.2. The number of fused-ring (bicyclic) bond motifs is 5. The molecule has 18 heteroatoms. The largest absolute Gasteiger partial charge is 0.394 e. The lowest BCUT2D eigenvalue weighted by Crippen LogP contribution is -2.71. The van der Waals surface area contributed by atoms with Gasteiger partial charge in [0.2, 0.25) is 0 Å². The molecule has 3 aliphatic heterocycles. The van der Waals surface area contributed by atoms with Crippen LogP contribution < -0.4 is 0 Å². The van der Waals surface area contributed by atoms with Crippen LogP contribution in [0.25, 0.3) is 0 Å². The number of allylic oxidation sites excluding steroid dienone is 2. The highest BCUT2D eigenvalue weighted by Crippen LogP contribution is 2.76. The lowest BCUT2D eigenvalue weighted by Gasteiger charge is -2.72. The summed E-state index contributed by atoms with van der Waals surface area (Å²) in [7, 11) is 0. The molecule has 4 saturated carbocycles. The number of aliphatic hydroxyl groups excluding tert-OH is 12. The fourth-order valence-corrected chi connectivity index (χ4v) is 14.9. The zero-order chi connectivity index (χ0) is 48.8. The number of hydrogen-bond acceptors (Lipinski definition) is 18. The summed E-state index contributed by atoms with van der Waals surface area (Å²) in [5.41, 5.74) is -2.43. The molecule has 12 N–H and O–H groups in total. The van der Waals surface area contributed by atoms with Crippen molar-refractivity contribution < 1.29 is 89.7 Å². The first-order valence-corrected chi connectivity index (χ1v) is 24.3. The van der Waals surface area contributed by atoms with E-state index in [-0.39, 0.29) is 23.7 Å². The van der Waals surface area contributed by atoms with E-state index in [1.165, 1.54) is 6.92 Å². The van der Waals surface area contributed by atoms with Gasteiger partial charge in [-0.05, 0) is 124 Å². The van der Waals surface area contributed by atoms with Gasteiger partial charge >= 0.3 is 0 Å². The maximum atomic E-state index is 12.7. The lowest BCUT2D eigenvalue weighted by molar-refractivity contribution is -0.382. The van der Waals surface area contributed by atoms with E-state index in [0.717, 1.165) is 5.57 Å². The highest BCUT2D eigenvalue weighted by molar-refractivity contribution is 5.22. The molecule has 0 amide bonds. The van der Waals surface area contributed by atoms with Crippen LogP contribution in [0.1, 0.15) is 114 Å². The molecule has 7 fully saturated rings. The predicted octanol–water partition coefficient (Wildman–Crippen LogP) is -0.0284. The van der Waals surface area contributed by atoms with Crippen LogP contribution in [0.5, 0.6) is 0 Å². The third-order valence-electron chi connectivity index (χ3n) is 18.7. The van der Waals surface area contributed by atoms with E-state index < -0.39 is 151 Å². The lowest BCUT2D eigenvalue weighted by atomic mass is 9.34. The van der Waals surface area contributed by atoms with Crippen LogP contribution >= 0.6 is 0 Å². The minimum Gasteiger partial charge on any atom is -0.394 e. The second-order valence-corrected chi connectivity index (χ2v) is 23.0. The summed E-state index contributed by atoms with van der Waals surface area (Å²) in [4.78, 5) is 0. The normalized spacial score (nSPS) is 53.5. The molecule has 382 valence electrons. The van der Waals surface area contributed by atoms with Gasteiger partial charge in [-0.3, -0.25) is 0 Å². The summed E-state index contributed by atoms with van der Waals surface area (Å²) in [6.07, 6.45) is -18.3. The third-order valence-corrected chi connectivity index (χ3v) is 18.7. The monoisotopic (exact) mass is 947 g/mol. The summed E-state index contributed by atoms with van der Waals surface area (Å²) >= 11 is 0. The predicted molar refractivity (Wildman–Crippen MR) is 234 cm³/mol. The Morgan fingerprint density at radius 2 is 1.27 bits per heavy atom. The van der Waals surface area contributed by atoms with Gasteiger partial charge in [0.15, 0.2) is 18.9 Å². The molecule has 0 bridgehead atoms. The van der Waals surface area contributed by atoms with Crippen molar-refractivity contribution in [2.24, 2.45) is 45.3 Å². The van der Waals surface area contributed by atoms with Gasteiger partial charge in [0.05, 0.1) is 43.2 Å². The molecule has 0 spiro atoms. The highest BCUT2D eigenvalue weighted by Gasteiger charge is 2.74. The van der Waals surface area contributed by atoms with Crippen molar-refractivity contribution in [2.45, 2.75) is 230 Å². The van der Waals surface area contributed by atoms with Gasteiger partial charge in [-0.25, -0.2) is 0 Å². The highest BCUT2D eigenvalue weighted by atomic mass is 16.8. The number of hydrogen-bond donors (Lipinski definition) is 12. The van der Waals surface area contributed by atoms with Crippen LogP contribution in [0.3, 0.4) is 0 Å². The third kappa shape index (κ3) is 8.69. The fraction of sp³-hybridized carbons (Fsp3) is 0.958. The Hall–Kier alpha value is -0.980. The minimum absolute atomic E-state index is 0.0861. The summed E-state index contributed by atoms with van der Waals surface area (Å²) in [5.74, 6) is -1.12. The average Bonchev–Trinajstić information content (AvgIpc) is 3.64. The van der Waals surface area contributed by atoms with Gasteiger partial charge in [-0.1, -0.05) is 46.3 Å². The molecule has 0 radical (unpaired) electrons. The van der Waals surface area contributed by atoms with Crippen molar-refractivity contribution in [3.05, 3.63) is 11.6 Å². The van der Waals surface area contributed by atoms with E-state index in [1.807, 2.05) is 34.6 Å². The molecule has 3 heterocycles. The van der Waals surface area contributed by atoms with Gasteiger partial charge in [0.25, 0.3) is 0 Å². The molecule has 26 atom stereocenters. The van der Waals surface area contributed by atoms with Gasteiger partial charge in [0, 0.05) is 0 Å². The summed E-state index contributed by atoms with van der Waals surface area (Å²) < 4.78 is 38.1. The molecule has 66 heavy (non-hydrogen) atoms. The number of ether oxygens (including phenoxy) is 6. The molecule has 18 nitrogen and oxygen atoms in total. The average molecular weight is 947 g/mol. The molecule has 0 unspecified atom stereocenters. The van der Waals surface area contributed by atoms with Crippen molar-refractivity contribution in [3.8, 4) is 0 Å². The van der Waals surface area contributed by atoms with E-state index in [2.05, 4.69) is 26.8 Å². The van der Waals surface area contributed by atoms with Gasteiger partial charge in [0.1, 0.15) is 67.1 Å². The Morgan fingerprint density at radius 1 is 0.682 bits per heavy atom. The van der Waals surface area contributed by atoms with E-state index >= 15 is 0 Å². The quantitative estimate of drug-likeness (QED) is 0.0904. The fourth-order valence-electron chi connectivity index (χ4n) is 14.9. The van der Waals surface area contributed by atoms with Gasteiger partial charge < -0.3 is 89.7 Å². The molecular weight excluding hydrogens is 865 g/mol. The first-order valence-electron chi connectivity index (χ1n) is 24.3. The summed E-state index contributed by atoms with van der Waals surface area (Å²) in [5, 5.41) is 132. The minimum atomic E-state index is -1.75. The molecule has 0 aromatic carbocycles. The zero-order valence-corrected chi connectivity index (χ0v) is 40.2. The van der Waals surface area contributed by atoms with Gasteiger partial charge in [-0.15, -0.1) is 0 Å². The smallest absolute Gasteiger partial charge is 0.187 e. The van der Waals surface area contributed by atoms with Crippen LogP contribution in [0.2, 0.25) is 0 Å². The van der Waals surface area contributed by atoms with Crippen molar-refractivity contribution in [1.82, 2.24) is 0 Å². The molecular formula is C48H82O18. The SMILES string of the molecule is CC(C)=CCC[C@](C)(O[C@@H]1O[C@H](CO)[C@@H](O)[C@H](O)[C@H]1O)[C@H]1CC[C@]2(C)[C@@H]1[C@H](O)C[C@@H]1[C@@]3(C)CC[C@H](O)C(C)(C)[C@@H]3[C@@H](O[C@@H]3O[C@H](CO)[C@@H](O)[C@H](O)[C@@H]3O[C@@H]3O[C@@H](C)[C@H](O)[C@@H](O)[C@H]3O)C[C@]12C. The van der Waals surface area contributed by atoms with E-state index in [4.69, 9.17) is 28.4 Å². The molecule has 0 aromatic rings. The van der Waals surface area contributed by atoms with Gasteiger partial charge in [-0.2, -0.15) is 0 Å². The summed E-state index contributed by atoms with van der Waals surface area (Å²) in [6, 6.07) is 0. The Kier molecular flexibility index (Phi) is 15.4. The molecule has 7 aliphatic rings. The van der Waals surface area contributed by atoms with Crippen LogP contribution in [-0.2, 0) is 28.4 Å². The first kappa shape index (κ1) is 52.8. The Bertz CT molecular complexity index is 1700. The van der Waals surface area contributed by atoms with Crippen molar-refractivity contribution >= 4 is 0 Å². The van der Waals surface area contributed by atoms with Crippen molar-refractivity contribution in [1.29, 1.82) is 0 Å². The standard InChI is InChI=1S/C48H82O18/c1-21(2)11-10-14-48(9,66-42-38(60)35(57)32(54)26(19-49)63-42)23-12-16-46(7)30(23)24(51)17-28-45(6)15-13-29(52)44(4,5)40(45)25(18-47(28,46)8)62-43-39(36(58)33(55)27(20-50)64-43)65-41-37(59)34(56)31(53)22(3)61-41/h11,22-43,49-60H,10,12-20H2,1-9H3/t22-,23-,24+,25-,26+,27+,28+,29-,30-,31-,32+,33+,34+,35-,36-,37+,38+,39-,40-,41-,42-,43+,45+,46+,47+,48-/m0/s1. The van der Waals surface area contributed by atoms with E-state index in [1.54, 1.807) is 0 Å². The number of rotatable bonds is 12. The van der Waals surface area contributed by atoms with Crippen molar-refractivity contribution in [2.75, 3.05) is 13.2 Å².